The first kappa shape index (κ1) is 21.4. The van der Waals surface area contributed by atoms with Crippen LogP contribution in [0.1, 0.15) is 22.8 Å². The van der Waals surface area contributed by atoms with Gasteiger partial charge in [0.15, 0.2) is 0 Å². The number of thioether (sulfide) groups is 1. The highest BCUT2D eigenvalue weighted by Gasteiger charge is 2.22. The van der Waals surface area contributed by atoms with Gasteiger partial charge in [-0.3, -0.25) is 4.79 Å². The van der Waals surface area contributed by atoms with Gasteiger partial charge in [-0.15, -0.1) is 23.1 Å². The largest absolute Gasteiger partial charge is 0.465 e. The molecule has 0 fully saturated rings. The van der Waals surface area contributed by atoms with Gasteiger partial charge < -0.3 is 10.1 Å². The van der Waals surface area contributed by atoms with Gasteiger partial charge in [0.1, 0.15) is 10.6 Å². The molecule has 0 bridgehead atoms. The summed E-state index contributed by atoms with van der Waals surface area (Å²) in [7, 11) is 1.34. The van der Waals surface area contributed by atoms with Gasteiger partial charge in [-0.2, -0.15) is 0 Å². The Balaban J connectivity index is 1.77. The summed E-state index contributed by atoms with van der Waals surface area (Å²) in [5.74, 6) is -0.438. The highest BCUT2D eigenvalue weighted by atomic mass is 35.5. The molecule has 1 heterocycles. The van der Waals surface area contributed by atoms with Gasteiger partial charge in [-0.25, -0.2) is 4.79 Å². The van der Waals surface area contributed by atoms with Crippen LogP contribution >= 0.6 is 34.7 Å². The fraction of sp³-hybridized carbons (Fsp3) is 0.182. The average Bonchev–Trinajstić information content (AvgIpc) is 3.16. The third kappa shape index (κ3) is 5.41. The Kier molecular flexibility index (Phi) is 7.36. The van der Waals surface area contributed by atoms with E-state index in [0.717, 1.165) is 22.4 Å². The van der Waals surface area contributed by atoms with E-state index in [1.165, 1.54) is 35.8 Å². The molecule has 0 saturated heterocycles. The van der Waals surface area contributed by atoms with E-state index in [0.29, 0.717) is 15.6 Å². The number of carbonyl (C=O) groups excluding carboxylic acids is 2. The summed E-state index contributed by atoms with van der Waals surface area (Å²) in [6.07, 6.45) is 0.945. The fourth-order valence-electron chi connectivity index (χ4n) is 2.73. The van der Waals surface area contributed by atoms with Gasteiger partial charge in [0.25, 0.3) is 0 Å². The number of amides is 1. The predicted octanol–water partition coefficient (Wildman–Crippen LogP) is 6.15. The van der Waals surface area contributed by atoms with Crippen molar-refractivity contribution < 1.29 is 14.3 Å². The van der Waals surface area contributed by atoms with E-state index in [1.54, 1.807) is 12.1 Å². The maximum absolute atomic E-state index is 12.4. The smallest absolute Gasteiger partial charge is 0.341 e. The number of halogens is 1. The molecule has 7 heteroatoms. The second-order valence-electron chi connectivity index (χ2n) is 6.19. The Morgan fingerprint density at radius 3 is 2.41 bits per heavy atom. The number of rotatable bonds is 7. The van der Waals surface area contributed by atoms with E-state index >= 15 is 0 Å². The van der Waals surface area contributed by atoms with E-state index in [-0.39, 0.29) is 11.7 Å². The number of esters is 1. The molecule has 0 aliphatic rings. The maximum atomic E-state index is 12.4. The van der Waals surface area contributed by atoms with Crippen LogP contribution < -0.4 is 5.32 Å². The maximum Gasteiger partial charge on any atom is 0.341 e. The van der Waals surface area contributed by atoms with Crippen molar-refractivity contribution in [3.8, 4) is 11.1 Å². The van der Waals surface area contributed by atoms with Crippen LogP contribution in [-0.4, -0.2) is 24.7 Å². The van der Waals surface area contributed by atoms with Crippen LogP contribution in [-0.2, 0) is 16.0 Å². The molecule has 0 saturated carbocycles. The summed E-state index contributed by atoms with van der Waals surface area (Å²) in [6.45, 7) is 2.09. The van der Waals surface area contributed by atoms with Crippen molar-refractivity contribution in [1.29, 1.82) is 0 Å². The minimum Gasteiger partial charge on any atom is -0.465 e. The zero-order valence-electron chi connectivity index (χ0n) is 16.0. The number of aryl methyl sites for hydroxylation is 1. The van der Waals surface area contributed by atoms with Crippen LogP contribution in [0.5, 0.6) is 0 Å². The van der Waals surface area contributed by atoms with Gasteiger partial charge >= 0.3 is 5.97 Å². The lowest BCUT2D eigenvalue weighted by Crippen LogP contribution is -2.16. The number of hydrogen-bond donors (Lipinski definition) is 1. The van der Waals surface area contributed by atoms with Gasteiger partial charge in [0.05, 0.1) is 12.9 Å². The van der Waals surface area contributed by atoms with Crippen molar-refractivity contribution >= 4 is 51.6 Å². The minimum absolute atomic E-state index is 0.190. The molecule has 29 heavy (non-hydrogen) atoms. The molecule has 1 N–H and O–H groups in total. The Bertz CT molecular complexity index is 998. The average molecular weight is 446 g/mol. The molecule has 3 aromatic rings. The number of hydrogen-bond acceptors (Lipinski definition) is 5. The number of ether oxygens (including phenoxy) is 1. The molecular weight excluding hydrogens is 426 g/mol. The fourth-order valence-corrected chi connectivity index (χ4v) is 4.53. The van der Waals surface area contributed by atoms with Gasteiger partial charge in [-0.05, 0) is 41.8 Å². The second-order valence-corrected chi connectivity index (χ2v) is 8.55. The molecule has 0 spiro atoms. The first-order chi connectivity index (χ1) is 14.0. The van der Waals surface area contributed by atoms with Crippen LogP contribution in [0.2, 0.25) is 5.02 Å². The number of carbonyl (C=O) groups is 2. The number of thiophene rings is 1. The molecule has 3 rings (SSSR count). The van der Waals surface area contributed by atoms with E-state index in [1.807, 2.05) is 41.8 Å². The summed E-state index contributed by atoms with van der Waals surface area (Å²) in [5.41, 5.74) is 3.27. The van der Waals surface area contributed by atoms with Crippen molar-refractivity contribution in [2.24, 2.45) is 0 Å². The van der Waals surface area contributed by atoms with Gasteiger partial charge in [0.2, 0.25) is 5.91 Å². The summed E-state index contributed by atoms with van der Waals surface area (Å²) in [6, 6.07) is 15.3. The lowest BCUT2D eigenvalue weighted by Gasteiger charge is -2.08. The number of benzene rings is 2. The first-order valence-corrected chi connectivity index (χ1v) is 11.2. The van der Waals surface area contributed by atoms with Crippen molar-refractivity contribution in [2.45, 2.75) is 18.2 Å². The molecule has 1 amide bonds. The third-order valence-electron chi connectivity index (χ3n) is 4.29. The van der Waals surface area contributed by atoms with Crippen LogP contribution in [0, 0.1) is 0 Å². The molecule has 0 aliphatic heterocycles. The zero-order chi connectivity index (χ0) is 20.8. The first-order valence-electron chi connectivity index (χ1n) is 8.99. The minimum atomic E-state index is -0.471. The van der Waals surface area contributed by atoms with E-state index in [4.69, 9.17) is 16.3 Å². The molecule has 150 valence electrons. The lowest BCUT2D eigenvalue weighted by atomic mass is 10.0. The Morgan fingerprint density at radius 1 is 1.10 bits per heavy atom. The number of nitrogens with one attached hydrogen (secondary N) is 1. The predicted molar refractivity (Wildman–Crippen MR) is 121 cm³/mol. The van der Waals surface area contributed by atoms with Crippen molar-refractivity contribution in [3.63, 3.8) is 0 Å². The summed E-state index contributed by atoms with van der Waals surface area (Å²) in [4.78, 5) is 25.8. The number of methoxy groups -OCH3 is 1. The standard InChI is InChI=1S/C22H20ClNO3S2/c1-3-14-4-6-15(7-5-14)18-12-29-21(20(18)22(26)27-2)24-19(25)13-28-17-10-8-16(23)9-11-17/h4-12H,3,13H2,1-2H3,(H,24,25). The van der Waals surface area contributed by atoms with E-state index < -0.39 is 5.97 Å². The molecule has 0 atom stereocenters. The summed E-state index contributed by atoms with van der Waals surface area (Å²) in [5, 5.41) is 5.87. The quantitative estimate of drug-likeness (QED) is 0.350. The molecule has 2 aromatic carbocycles. The molecule has 0 radical (unpaired) electrons. The van der Waals surface area contributed by atoms with Crippen molar-refractivity contribution in [3.05, 3.63) is 70.1 Å². The third-order valence-corrected chi connectivity index (χ3v) is 6.45. The van der Waals surface area contributed by atoms with Crippen LogP contribution in [0.25, 0.3) is 11.1 Å². The molecule has 0 unspecified atom stereocenters. The highest BCUT2D eigenvalue weighted by Crippen LogP contribution is 2.36. The monoisotopic (exact) mass is 445 g/mol. The zero-order valence-corrected chi connectivity index (χ0v) is 18.4. The topological polar surface area (TPSA) is 55.4 Å². The Morgan fingerprint density at radius 2 is 1.79 bits per heavy atom. The van der Waals surface area contributed by atoms with Crippen molar-refractivity contribution in [2.75, 3.05) is 18.2 Å². The number of anilines is 1. The second kappa shape index (κ2) is 9.96. The lowest BCUT2D eigenvalue weighted by molar-refractivity contribution is -0.113. The SMILES string of the molecule is CCc1ccc(-c2csc(NC(=O)CSc3ccc(Cl)cc3)c2C(=O)OC)cc1. The Labute approximate surface area is 183 Å². The van der Waals surface area contributed by atoms with Gasteiger partial charge in [0, 0.05) is 20.9 Å². The van der Waals surface area contributed by atoms with Gasteiger partial charge in [-0.1, -0.05) is 42.8 Å². The van der Waals surface area contributed by atoms with Crippen LogP contribution in [0.15, 0.2) is 58.8 Å². The molecule has 1 aromatic heterocycles. The molecule has 0 aliphatic carbocycles. The summed E-state index contributed by atoms with van der Waals surface area (Å²) < 4.78 is 4.96. The van der Waals surface area contributed by atoms with E-state index in [2.05, 4.69) is 12.2 Å². The molecule has 4 nitrogen and oxygen atoms in total. The normalized spacial score (nSPS) is 10.6. The van der Waals surface area contributed by atoms with Crippen LogP contribution in [0.4, 0.5) is 5.00 Å². The Hall–Kier alpha value is -2.28. The van der Waals surface area contributed by atoms with Crippen molar-refractivity contribution in [1.82, 2.24) is 0 Å². The van der Waals surface area contributed by atoms with E-state index in [9.17, 15) is 9.59 Å². The highest BCUT2D eigenvalue weighted by molar-refractivity contribution is 8.00. The van der Waals surface area contributed by atoms with Crippen LogP contribution in [0.3, 0.4) is 0 Å². The summed E-state index contributed by atoms with van der Waals surface area (Å²) >= 11 is 8.60. The molecular formula is C22H20ClNO3S2.